The lowest BCUT2D eigenvalue weighted by molar-refractivity contribution is -0.385. The monoisotopic (exact) mass is 269 g/mol. The number of nitro groups is 1. The summed E-state index contributed by atoms with van der Waals surface area (Å²) in [7, 11) is 0. The molecule has 0 heterocycles. The van der Waals surface area contributed by atoms with Crippen LogP contribution in [0.15, 0.2) is 22.7 Å². The fraction of sp³-hybridized carbons (Fsp3) is 0. The molecule has 0 saturated carbocycles. The summed E-state index contributed by atoms with van der Waals surface area (Å²) >= 11 is 2.98. The molecule has 0 atom stereocenters. The third-order valence-electron chi connectivity index (χ3n) is 1.57. The Labute approximate surface area is 92.8 Å². The number of hydrogen-bond acceptors (Lipinski definition) is 4. The summed E-state index contributed by atoms with van der Waals surface area (Å²) in [5, 5.41) is 20.6. The molecule has 1 N–H and O–H groups in total. The molecule has 1 aromatic rings. The van der Waals surface area contributed by atoms with E-state index in [1.165, 1.54) is 18.3 Å². The van der Waals surface area contributed by atoms with Crippen LogP contribution in [0.1, 0.15) is 10.4 Å². The molecule has 1 amide bonds. The third kappa shape index (κ3) is 2.51. The molecule has 6 nitrogen and oxygen atoms in total. The molecule has 1 rings (SSSR count). The topological polar surface area (TPSA) is 96.0 Å². The number of carbonyl (C=O) groups excluding carboxylic acids is 1. The number of amides is 1. The average molecular weight is 270 g/mol. The van der Waals surface area contributed by atoms with Gasteiger partial charge in [0.2, 0.25) is 0 Å². The maximum atomic E-state index is 11.2. The van der Waals surface area contributed by atoms with E-state index in [4.69, 9.17) is 5.26 Å². The van der Waals surface area contributed by atoms with Gasteiger partial charge in [0.1, 0.15) is 0 Å². The van der Waals surface area contributed by atoms with Gasteiger partial charge in [0, 0.05) is 11.6 Å². The minimum Gasteiger partial charge on any atom is -0.268 e. The van der Waals surface area contributed by atoms with Gasteiger partial charge in [-0.1, -0.05) is 0 Å². The van der Waals surface area contributed by atoms with E-state index in [2.05, 4.69) is 15.9 Å². The molecule has 0 radical (unpaired) electrons. The molecule has 0 aliphatic carbocycles. The Kier molecular flexibility index (Phi) is 3.36. The molecule has 0 saturated heterocycles. The van der Waals surface area contributed by atoms with Gasteiger partial charge in [0.15, 0.2) is 6.19 Å². The van der Waals surface area contributed by atoms with Crippen LogP contribution in [-0.2, 0) is 0 Å². The number of nitriles is 1. The third-order valence-corrected chi connectivity index (χ3v) is 2.25. The fourth-order valence-electron chi connectivity index (χ4n) is 0.917. The van der Waals surface area contributed by atoms with E-state index in [0.29, 0.717) is 0 Å². The van der Waals surface area contributed by atoms with Gasteiger partial charge in [-0.2, -0.15) is 5.26 Å². The molecule has 0 bridgehead atoms. The SMILES string of the molecule is N#CNC(=O)c1ccc(Br)c([N+](=O)[O-])c1. The van der Waals surface area contributed by atoms with Gasteiger partial charge in [0.25, 0.3) is 11.6 Å². The molecule has 76 valence electrons. The lowest BCUT2D eigenvalue weighted by Gasteiger charge is -1.99. The van der Waals surface area contributed by atoms with Crippen LogP contribution in [0.3, 0.4) is 0 Å². The fourth-order valence-corrected chi connectivity index (χ4v) is 1.31. The minimum atomic E-state index is -0.673. The molecular formula is C8H4BrN3O3. The standard InChI is InChI=1S/C8H4BrN3O3/c9-6-2-1-5(8(13)11-4-10)3-7(6)12(14)15/h1-3H,(H,11,13). The van der Waals surface area contributed by atoms with Gasteiger partial charge < -0.3 is 0 Å². The van der Waals surface area contributed by atoms with Gasteiger partial charge in [-0.15, -0.1) is 0 Å². The van der Waals surface area contributed by atoms with Gasteiger partial charge in [-0.25, -0.2) is 0 Å². The zero-order chi connectivity index (χ0) is 11.4. The van der Waals surface area contributed by atoms with Gasteiger partial charge in [0.05, 0.1) is 9.40 Å². The van der Waals surface area contributed by atoms with Crippen molar-refractivity contribution < 1.29 is 9.72 Å². The highest BCUT2D eigenvalue weighted by Gasteiger charge is 2.15. The molecule has 0 unspecified atom stereocenters. The first-order valence-corrected chi connectivity index (χ1v) is 4.49. The van der Waals surface area contributed by atoms with E-state index >= 15 is 0 Å². The largest absolute Gasteiger partial charge is 0.284 e. The first kappa shape index (κ1) is 11.1. The normalized spacial score (nSPS) is 9.07. The number of rotatable bonds is 2. The second kappa shape index (κ2) is 4.52. The van der Waals surface area contributed by atoms with E-state index in [9.17, 15) is 14.9 Å². The van der Waals surface area contributed by atoms with Crippen LogP contribution in [0.5, 0.6) is 0 Å². The lowest BCUT2D eigenvalue weighted by Crippen LogP contribution is -2.17. The molecule has 7 heteroatoms. The molecular weight excluding hydrogens is 266 g/mol. The van der Waals surface area contributed by atoms with E-state index in [0.717, 1.165) is 6.07 Å². The summed E-state index contributed by atoms with van der Waals surface area (Å²) in [4.78, 5) is 21.1. The first-order valence-electron chi connectivity index (χ1n) is 3.69. The smallest absolute Gasteiger partial charge is 0.268 e. The lowest BCUT2D eigenvalue weighted by atomic mass is 10.2. The predicted molar refractivity (Wildman–Crippen MR) is 53.9 cm³/mol. The number of nitrogens with one attached hydrogen (secondary N) is 1. The predicted octanol–water partition coefficient (Wildman–Crippen LogP) is 1.57. The van der Waals surface area contributed by atoms with Gasteiger partial charge >= 0.3 is 0 Å². The van der Waals surface area contributed by atoms with Crippen molar-refractivity contribution in [2.24, 2.45) is 0 Å². The summed E-state index contributed by atoms with van der Waals surface area (Å²) < 4.78 is 0.279. The van der Waals surface area contributed by atoms with E-state index in [-0.39, 0.29) is 15.7 Å². The number of nitrogens with zero attached hydrogens (tertiary/aromatic N) is 2. The van der Waals surface area contributed by atoms with Crippen LogP contribution in [-0.4, -0.2) is 10.8 Å². The molecule has 0 aromatic heterocycles. The average Bonchev–Trinajstić information content (AvgIpc) is 2.18. The highest BCUT2D eigenvalue weighted by atomic mass is 79.9. The van der Waals surface area contributed by atoms with Crippen molar-refractivity contribution in [3.63, 3.8) is 0 Å². The van der Waals surface area contributed by atoms with Crippen LogP contribution in [0.2, 0.25) is 0 Å². The van der Waals surface area contributed by atoms with Crippen LogP contribution >= 0.6 is 15.9 Å². The highest BCUT2D eigenvalue weighted by Crippen LogP contribution is 2.25. The van der Waals surface area contributed by atoms with E-state index in [1.54, 1.807) is 0 Å². The van der Waals surface area contributed by atoms with Crippen molar-refractivity contribution in [1.29, 1.82) is 5.26 Å². The van der Waals surface area contributed by atoms with Crippen molar-refractivity contribution >= 4 is 27.5 Å². The first-order chi connectivity index (χ1) is 7.06. The van der Waals surface area contributed by atoms with Crippen molar-refractivity contribution in [2.45, 2.75) is 0 Å². The quantitative estimate of drug-likeness (QED) is 0.381. The number of halogens is 1. The number of benzene rings is 1. The van der Waals surface area contributed by atoms with Gasteiger partial charge in [-0.05, 0) is 28.1 Å². The maximum absolute atomic E-state index is 11.2. The van der Waals surface area contributed by atoms with Crippen molar-refractivity contribution in [3.8, 4) is 6.19 Å². The maximum Gasteiger partial charge on any atom is 0.284 e. The molecule has 0 spiro atoms. The number of carbonyl (C=O) groups is 1. The van der Waals surface area contributed by atoms with Crippen molar-refractivity contribution in [2.75, 3.05) is 0 Å². The Morgan fingerprint density at radius 1 is 1.60 bits per heavy atom. The Bertz CT molecular complexity index is 467. The van der Waals surface area contributed by atoms with Crippen molar-refractivity contribution in [3.05, 3.63) is 38.3 Å². The summed E-state index contributed by atoms with van der Waals surface area (Å²) in [6.45, 7) is 0. The number of hydrogen-bond donors (Lipinski definition) is 1. The Morgan fingerprint density at radius 2 is 2.27 bits per heavy atom. The number of nitro benzene ring substituents is 1. The Hall–Kier alpha value is -1.94. The molecule has 1 aromatic carbocycles. The molecule has 15 heavy (non-hydrogen) atoms. The highest BCUT2D eigenvalue weighted by molar-refractivity contribution is 9.10. The van der Waals surface area contributed by atoms with E-state index in [1.807, 2.05) is 5.32 Å². The zero-order valence-corrected chi connectivity index (χ0v) is 8.82. The van der Waals surface area contributed by atoms with Crippen LogP contribution in [0, 0.1) is 21.6 Å². The Balaban J connectivity index is 3.14. The van der Waals surface area contributed by atoms with Crippen molar-refractivity contribution in [1.82, 2.24) is 5.32 Å². The molecule has 0 aliphatic rings. The van der Waals surface area contributed by atoms with Crippen LogP contribution in [0.25, 0.3) is 0 Å². The van der Waals surface area contributed by atoms with E-state index < -0.39 is 10.8 Å². The van der Waals surface area contributed by atoms with Gasteiger partial charge in [-0.3, -0.25) is 20.2 Å². The minimum absolute atomic E-state index is 0.0615. The summed E-state index contributed by atoms with van der Waals surface area (Å²) in [5.41, 5.74) is -0.160. The second-order valence-electron chi connectivity index (χ2n) is 2.49. The second-order valence-corrected chi connectivity index (χ2v) is 3.34. The summed E-state index contributed by atoms with van der Waals surface area (Å²) in [6.07, 6.45) is 1.45. The summed E-state index contributed by atoms with van der Waals surface area (Å²) in [5.74, 6) is -0.673. The molecule has 0 fully saturated rings. The summed E-state index contributed by atoms with van der Waals surface area (Å²) in [6, 6.07) is 3.85. The van der Waals surface area contributed by atoms with Crippen LogP contribution < -0.4 is 5.32 Å². The Morgan fingerprint density at radius 3 is 2.80 bits per heavy atom. The zero-order valence-electron chi connectivity index (χ0n) is 7.23. The molecule has 0 aliphatic heterocycles. The van der Waals surface area contributed by atoms with Crippen LogP contribution in [0.4, 0.5) is 5.69 Å².